The van der Waals surface area contributed by atoms with Gasteiger partial charge in [0.1, 0.15) is 11.3 Å². The van der Waals surface area contributed by atoms with Crippen LogP contribution in [0.25, 0.3) is 5.65 Å². The molecule has 25 heavy (non-hydrogen) atoms. The van der Waals surface area contributed by atoms with E-state index in [1.165, 1.54) is 12.1 Å². The van der Waals surface area contributed by atoms with Crippen molar-refractivity contribution in [3.8, 4) is 0 Å². The van der Waals surface area contributed by atoms with E-state index >= 15 is 0 Å². The van der Waals surface area contributed by atoms with Gasteiger partial charge in [0.05, 0.1) is 16.3 Å². The highest BCUT2D eigenvalue weighted by Gasteiger charge is 2.19. The number of imidazole rings is 1. The molecule has 2 aromatic heterocycles. The average Bonchev–Trinajstić information content (AvgIpc) is 2.85. The van der Waals surface area contributed by atoms with Crippen molar-refractivity contribution < 1.29 is 9.72 Å². The monoisotopic (exact) mass is 402 g/mol. The normalized spacial score (nSPS) is 10.9. The summed E-state index contributed by atoms with van der Waals surface area (Å²) in [5.74, 6) is -0.369. The van der Waals surface area contributed by atoms with Gasteiger partial charge in [-0.1, -0.05) is 6.07 Å². The second kappa shape index (κ2) is 6.29. The number of hydrogen-bond donors (Lipinski definition) is 1. The lowest BCUT2D eigenvalue weighted by Gasteiger charge is -2.09. The van der Waals surface area contributed by atoms with Crippen molar-refractivity contribution in [2.45, 2.75) is 20.8 Å². The molecule has 0 unspecified atom stereocenters. The molecule has 8 heteroatoms. The Morgan fingerprint density at radius 2 is 1.96 bits per heavy atom. The van der Waals surface area contributed by atoms with Gasteiger partial charge in [0.25, 0.3) is 11.6 Å². The summed E-state index contributed by atoms with van der Waals surface area (Å²) in [6, 6.07) is 6.29. The fourth-order valence-electron chi connectivity index (χ4n) is 2.70. The second-order valence-electron chi connectivity index (χ2n) is 5.79. The van der Waals surface area contributed by atoms with E-state index in [-0.39, 0.29) is 11.6 Å². The average molecular weight is 403 g/mol. The summed E-state index contributed by atoms with van der Waals surface area (Å²) in [6.07, 6.45) is 1.78. The predicted octanol–water partition coefficient (Wildman–Crippen LogP) is 4.18. The highest BCUT2D eigenvalue weighted by atomic mass is 79.9. The quantitative estimate of drug-likeness (QED) is 0.525. The summed E-state index contributed by atoms with van der Waals surface area (Å²) >= 11 is 3.42. The highest BCUT2D eigenvalue weighted by molar-refractivity contribution is 9.10. The van der Waals surface area contributed by atoms with E-state index in [0.717, 1.165) is 15.6 Å². The second-order valence-corrected chi connectivity index (χ2v) is 6.71. The number of anilines is 1. The van der Waals surface area contributed by atoms with Gasteiger partial charge in [0.2, 0.25) is 0 Å². The van der Waals surface area contributed by atoms with Gasteiger partial charge in [-0.2, -0.15) is 0 Å². The number of carbonyl (C=O) groups excluding carboxylic acids is 1. The van der Waals surface area contributed by atoms with Crippen molar-refractivity contribution in [1.82, 2.24) is 9.38 Å². The first-order valence-corrected chi connectivity index (χ1v) is 8.28. The van der Waals surface area contributed by atoms with Crippen molar-refractivity contribution in [3.05, 3.63) is 67.6 Å². The Hall–Kier alpha value is -2.74. The number of amides is 1. The van der Waals surface area contributed by atoms with Crippen LogP contribution in [-0.4, -0.2) is 20.2 Å². The van der Waals surface area contributed by atoms with Crippen LogP contribution in [0.2, 0.25) is 0 Å². The minimum absolute atomic E-state index is 0.0747. The molecular formula is C17H15BrN4O3. The number of rotatable bonds is 3. The zero-order valence-corrected chi connectivity index (χ0v) is 15.4. The molecule has 0 saturated heterocycles. The summed E-state index contributed by atoms with van der Waals surface area (Å²) < 4.78 is 2.55. The number of nitro benzene ring substituents is 1. The van der Waals surface area contributed by atoms with Crippen LogP contribution >= 0.6 is 15.9 Å². The number of benzene rings is 1. The van der Waals surface area contributed by atoms with Crippen molar-refractivity contribution in [1.29, 1.82) is 0 Å². The molecule has 1 amide bonds. The molecular weight excluding hydrogens is 388 g/mol. The molecule has 1 aromatic carbocycles. The third kappa shape index (κ3) is 3.12. The van der Waals surface area contributed by atoms with E-state index in [0.29, 0.717) is 22.7 Å². The van der Waals surface area contributed by atoms with Crippen LogP contribution in [-0.2, 0) is 0 Å². The summed E-state index contributed by atoms with van der Waals surface area (Å²) in [7, 11) is 0. The molecule has 0 radical (unpaired) electrons. The summed E-state index contributed by atoms with van der Waals surface area (Å²) in [4.78, 5) is 27.7. The molecule has 0 spiro atoms. The van der Waals surface area contributed by atoms with Crippen molar-refractivity contribution >= 4 is 38.9 Å². The van der Waals surface area contributed by atoms with E-state index in [4.69, 9.17) is 0 Å². The van der Waals surface area contributed by atoms with Crippen LogP contribution in [0.4, 0.5) is 11.4 Å². The van der Waals surface area contributed by atoms with Gasteiger partial charge in [-0.05, 0) is 53.9 Å². The first-order valence-electron chi connectivity index (χ1n) is 7.49. The van der Waals surface area contributed by atoms with Gasteiger partial charge in [0, 0.05) is 22.8 Å². The molecule has 3 rings (SSSR count). The van der Waals surface area contributed by atoms with Crippen molar-refractivity contribution in [3.63, 3.8) is 0 Å². The van der Waals surface area contributed by atoms with Crippen LogP contribution in [0.15, 0.2) is 34.9 Å². The molecule has 128 valence electrons. The summed E-state index contributed by atoms with van der Waals surface area (Å²) in [6.45, 7) is 5.45. The zero-order valence-electron chi connectivity index (χ0n) is 13.8. The Bertz CT molecular complexity index is 1030. The van der Waals surface area contributed by atoms with Crippen LogP contribution in [0.5, 0.6) is 0 Å². The number of hydrogen-bond acceptors (Lipinski definition) is 4. The lowest BCUT2D eigenvalue weighted by Crippen LogP contribution is -2.16. The first-order chi connectivity index (χ1) is 11.8. The van der Waals surface area contributed by atoms with Crippen LogP contribution in [0, 0.1) is 30.9 Å². The number of carbonyl (C=O) groups is 1. The number of halogens is 1. The largest absolute Gasteiger partial charge is 0.320 e. The molecule has 0 aliphatic heterocycles. The van der Waals surface area contributed by atoms with E-state index in [1.807, 2.05) is 13.0 Å². The number of aromatic nitrogens is 2. The number of nitrogens with zero attached hydrogens (tertiary/aromatic N) is 3. The lowest BCUT2D eigenvalue weighted by molar-refractivity contribution is -0.384. The van der Waals surface area contributed by atoms with Gasteiger partial charge in [-0.3, -0.25) is 19.3 Å². The molecule has 0 saturated carbocycles. The van der Waals surface area contributed by atoms with Gasteiger partial charge >= 0.3 is 0 Å². The molecule has 0 atom stereocenters. The molecule has 0 fully saturated rings. The van der Waals surface area contributed by atoms with Crippen molar-refractivity contribution in [2.75, 3.05) is 5.32 Å². The molecule has 2 heterocycles. The number of fused-ring (bicyclic) bond motifs is 1. The SMILES string of the molecule is Cc1ccc([N+](=O)[O-])cc1NC(=O)c1c(C)nc2c(C)cc(Br)cn12. The maximum atomic E-state index is 12.8. The van der Waals surface area contributed by atoms with Gasteiger partial charge < -0.3 is 5.32 Å². The van der Waals surface area contributed by atoms with Crippen molar-refractivity contribution in [2.24, 2.45) is 0 Å². The fraction of sp³-hybridized carbons (Fsp3) is 0.176. The maximum absolute atomic E-state index is 12.8. The minimum Gasteiger partial charge on any atom is -0.320 e. The van der Waals surface area contributed by atoms with Crippen LogP contribution in [0.1, 0.15) is 27.3 Å². The first kappa shape index (κ1) is 17.1. The number of non-ortho nitro benzene ring substituents is 1. The number of aryl methyl sites for hydroxylation is 3. The molecule has 1 N–H and O–H groups in total. The molecule has 7 nitrogen and oxygen atoms in total. The van der Waals surface area contributed by atoms with Gasteiger partial charge in [-0.15, -0.1) is 0 Å². The standard InChI is InChI=1S/C17H15BrN4O3/c1-9-4-5-13(22(24)25)7-14(9)20-17(23)15-11(3)19-16-10(2)6-12(18)8-21(15)16/h4-8H,1-3H3,(H,20,23). The summed E-state index contributed by atoms with van der Waals surface area (Å²) in [5.41, 5.74) is 3.68. The smallest absolute Gasteiger partial charge is 0.274 e. The van der Waals surface area contributed by atoms with Gasteiger partial charge in [-0.25, -0.2) is 4.98 Å². The third-order valence-electron chi connectivity index (χ3n) is 3.94. The minimum atomic E-state index is -0.491. The van der Waals surface area contributed by atoms with Crippen LogP contribution < -0.4 is 5.32 Å². The molecule has 0 aliphatic rings. The van der Waals surface area contributed by atoms with E-state index < -0.39 is 4.92 Å². The van der Waals surface area contributed by atoms with E-state index in [1.54, 1.807) is 30.5 Å². The van der Waals surface area contributed by atoms with Crippen LogP contribution in [0.3, 0.4) is 0 Å². The number of nitro groups is 1. The molecule has 0 bridgehead atoms. The molecule has 3 aromatic rings. The molecule has 0 aliphatic carbocycles. The summed E-state index contributed by atoms with van der Waals surface area (Å²) in [5, 5.41) is 13.7. The lowest BCUT2D eigenvalue weighted by atomic mass is 10.1. The van der Waals surface area contributed by atoms with E-state index in [2.05, 4.69) is 26.2 Å². The number of pyridine rings is 1. The zero-order chi connectivity index (χ0) is 18.3. The Balaban J connectivity index is 2.05. The van der Waals surface area contributed by atoms with E-state index in [9.17, 15) is 14.9 Å². The topological polar surface area (TPSA) is 89.5 Å². The maximum Gasteiger partial charge on any atom is 0.274 e. The Kier molecular flexibility index (Phi) is 4.30. The number of nitrogens with one attached hydrogen (secondary N) is 1. The Morgan fingerprint density at radius 1 is 1.24 bits per heavy atom. The third-order valence-corrected chi connectivity index (χ3v) is 4.37. The van der Waals surface area contributed by atoms with Gasteiger partial charge in [0.15, 0.2) is 0 Å². The fourth-order valence-corrected chi connectivity index (χ4v) is 3.24. The highest BCUT2D eigenvalue weighted by Crippen LogP contribution is 2.24. The predicted molar refractivity (Wildman–Crippen MR) is 98.2 cm³/mol. The Morgan fingerprint density at radius 3 is 2.64 bits per heavy atom. The Labute approximate surface area is 152 Å².